The smallest absolute Gasteiger partial charge is 0.404 e. The lowest BCUT2D eigenvalue weighted by Gasteiger charge is -2.26. The van der Waals surface area contributed by atoms with E-state index in [1.807, 2.05) is 7.05 Å². The highest BCUT2D eigenvalue weighted by Gasteiger charge is 2.30. The number of nitrogens with zero attached hydrogens (tertiary/aromatic N) is 3. The van der Waals surface area contributed by atoms with Gasteiger partial charge in [-0.05, 0) is 25.3 Å². The van der Waals surface area contributed by atoms with Crippen molar-refractivity contribution in [1.29, 1.82) is 0 Å². The van der Waals surface area contributed by atoms with Crippen LogP contribution in [-0.4, -0.2) is 47.4 Å². The molecule has 0 saturated heterocycles. The predicted molar refractivity (Wildman–Crippen MR) is 89.1 cm³/mol. The molecule has 0 unspecified atom stereocenters. The first kappa shape index (κ1) is 15.9. The minimum atomic E-state index is -0.954. The summed E-state index contributed by atoms with van der Waals surface area (Å²) in [5.74, 6) is 0.898. The molecule has 1 saturated carbocycles. The second kappa shape index (κ2) is 6.67. The van der Waals surface area contributed by atoms with Crippen LogP contribution < -0.4 is 10.2 Å². The number of fused-ring (bicyclic) bond motifs is 1. The molecule has 1 fully saturated rings. The van der Waals surface area contributed by atoms with Crippen molar-refractivity contribution in [3.63, 3.8) is 0 Å². The lowest BCUT2D eigenvalue weighted by atomic mass is 10.2. The van der Waals surface area contributed by atoms with Crippen molar-refractivity contribution in [1.82, 2.24) is 15.3 Å². The Morgan fingerprint density at radius 2 is 2.35 bits per heavy atom. The van der Waals surface area contributed by atoms with Gasteiger partial charge in [0.1, 0.15) is 17.0 Å². The van der Waals surface area contributed by atoms with Gasteiger partial charge in [-0.1, -0.05) is 0 Å². The first-order chi connectivity index (χ1) is 11.1. The number of aromatic nitrogens is 2. The van der Waals surface area contributed by atoms with Crippen LogP contribution in [0.25, 0.3) is 10.2 Å². The van der Waals surface area contributed by atoms with E-state index < -0.39 is 6.09 Å². The molecular formula is C15H20N4O3S. The number of nitrogens with one attached hydrogen (secondary N) is 1. The number of amides is 1. The van der Waals surface area contributed by atoms with Gasteiger partial charge in [-0.3, -0.25) is 0 Å². The monoisotopic (exact) mass is 336 g/mol. The third-order valence-electron chi connectivity index (χ3n) is 4.26. The summed E-state index contributed by atoms with van der Waals surface area (Å²) in [7, 11) is 3.69. The normalized spacial score (nSPS) is 20.8. The Kier molecular flexibility index (Phi) is 4.63. The molecule has 2 aromatic rings. The molecule has 0 bridgehead atoms. The lowest BCUT2D eigenvalue weighted by Crippen LogP contribution is -2.35. The molecule has 2 aromatic heterocycles. The number of hydrogen-bond donors (Lipinski definition) is 2. The number of hydrogen-bond acceptors (Lipinski definition) is 6. The summed E-state index contributed by atoms with van der Waals surface area (Å²) in [4.78, 5) is 23.8. The highest BCUT2D eigenvalue weighted by molar-refractivity contribution is 7.18. The summed E-state index contributed by atoms with van der Waals surface area (Å²) < 4.78 is 5.19. The second-order valence-corrected chi connectivity index (χ2v) is 6.90. The molecule has 1 amide bonds. The first-order valence-corrected chi connectivity index (χ1v) is 8.34. The summed E-state index contributed by atoms with van der Waals surface area (Å²) in [5, 5.41) is 12.5. The summed E-state index contributed by atoms with van der Waals surface area (Å²) in [5.41, 5.74) is 0. The average molecular weight is 336 g/mol. The molecule has 8 heteroatoms. The summed E-state index contributed by atoms with van der Waals surface area (Å²) in [6.07, 6.45) is 3.23. The zero-order valence-corrected chi connectivity index (χ0v) is 14.0. The topological polar surface area (TPSA) is 87.6 Å². The standard InChI is InChI=1S/C15H20N4O3S/c1-19(10-4-3-9(5-10)18-15(20)21)13-12-6-11(7-22-2)23-14(12)17-8-16-13/h6,8-10,18H,3-5,7H2,1-2H3,(H,20,21)/t9-,10+/m0/s1. The number of carbonyl (C=O) groups is 1. The van der Waals surface area contributed by atoms with E-state index >= 15 is 0 Å². The summed E-state index contributed by atoms with van der Waals surface area (Å²) >= 11 is 1.61. The number of anilines is 1. The van der Waals surface area contributed by atoms with Crippen molar-refractivity contribution < 1.29 is 14.6 Å². The molecule has 3 rings (SSSR count). The van der Waals surface area contributed by atoms with E-state index in [0.29, 0.717) is 6.61 Å². The Morgan fingerprint density at radius 1 is 1.52 bits per heavy atom. The van der Waals surface area contributed by atoms with Crippen LogP contribution >= 0.6 is 11.3 Å². The third kappa shape index (κ3) is 3.37. The lowest BCUT2D eigenvalue weighted by molar-refractivity contribution is 0.187. The fraction of sp³-hybridized carbons (Fsp3) is 0.533. The van der Waals surface area contributed by atoms with Gasteiger partial charge in [0.2, 0.25) is 0 Å². The Hall–Kier alpha value is -1.93. The zero-order valence-electron chi connectivity index (χ0n) is 13.2. The van der Waals surface area contributed by atoms with Gasteiger partial charge in [-0.25, -0.2) is 14.8 Å². The van der Waals surface area contributed by atoms with E-state index in [2.05, 4.69) is 26.3 Å². The molecule has 23 heavy (non-hydrogen) atoms. The van der Waals surface area contributed by atoms with E-state index in [1.165, 1.54) is 0 Å². The number of rotatable bonds is 5. The van der Waals surface area contributed by atoms with Crippen molar-refractivity contribution >= 4 is 33.5 Å². The van der Waals surface area contributed by atoms with Crippen LogP contribution in [0, 0.1) is 0 Å². The highest BCUT2D eigenvalue weighted by Crippen LogP contribution is 2.33. The average Bonchev–Trinajstić information content (AvgIpc) is 3.12. The molecule has 2 atom stereocenters. The molecule has 2 N–H and O–H groups in total. The number of thiophene rings is 1. The molecule has 0 radical (unpaired) electrons. The minimum Gasteiger partial charge on any atom is -0.465 e. The highest BCUT2D eigenvalue weighted by atomic mass is 32.1. The molecule has 1 aliphatic rings. The van der Waals surface area contributed by atoms with Crippen molar-refractivity contribution in [2.75, 3.05) is 19.1 Å². The van der Waals surface area contributed by atoms with Crippen LogP contribution in [0.5, 0.6) is 0 Å². The van der Waals surface area contributed by atoms with Crippen molar-refractivity contribution in [2.24, 2.45) is 0 Å². The molecule has 2 heterocycles. The molecular weight excluding hydrogens is 316 g/mol. The largest absolute Gasteiger partial charge is 0.465 e. The van der Waals surface area contributed by atoms with Gasteiger partial charge >= 0.3 is 6.09 Å². The molecule has 0 aliphatic heterocycles. The van der Waals surface area contributed by atoms with Crippen LogP contribution in [-0.2, 0) is 11.3 Å². The number of ether oxygens (including phenoxy) is 1. The Balaban J connectivity index is 1.81. The van der Waals surface area contributed by atoms with Crippen LogP contribution in [0.2, 0.25) is 0 Å². The van der Waals surface area contributed by atoms with Gasteiger partial charge in [0.05, 0.1) is 12.0 Å². The fourth-order valence-electron chi connectivity index (χ4n) is 3.18. The Labute approximate surface area is 138 Å². The third-order valence-corrected chi connectivity index (χ3v) is 5.28. The molecule has 0 aromatic carbocycles. The van der Waals surface area contributed by atoms with Crippen molar-refractivity contribution in [2.45, 2.75) is 38.0 Å². The van der Waals surface area contributed by atoms with Crippen LogP contribution in [0.15, 0.2) is 12.4 Å². The quantitative estimate of drug-likeness (QED) is 0.872. The SMILES string of the molecule is COCc1cc2c(N(C)[C@@H]3CC[C@H](NC(=O)O)C3)ncnc2s1. The van der Waals surface area contributed by atoms with E-state index in [-0.39, 0.29) is 12.1 Å². The molecule has 0 spiro atoms. The fourth-order valence-corrected chi connectivity index (χ4v) is 4.14. The van der Waals surface area contributed by atoms with Crippen molar-refractivity contribution in [3.8, 4) is 0 Å². The van der Waals surface area contributed by atoms with Crippen LogP contribution in [0.3, 0.4) is 0 Å². The van der Waals surface area contributed by atoms with E-state index in [0.717, 1.165) is 40.2 Å². The Bertz CT molecular complexity index is 705. The van der Waals surface area contributed by atoms with Gasteiger partial charge < -0.3 is 20.1 Å². The number of carboxylic acid groups (broad SMARTS) is 1. The second-order valence-electron chi connectivity index (χ2n) is 5.79. The summed E-state index contributed by atoms with van der Waals surface area (Å²) in [6.45, 7) is 0.568. The zero-order chi connectivity index (χ0) is 16.4. The number of methoxy groups -OCH3 is 1. The molecule has 124 valence electrons. The minimum absolute atomic E-state index is 0.0174. The van der Waals surface area contributed by atoms with Crippen LogP contribution in [0.4, 0.5) is 10.6 Å². The first-order valence-electron chi connectivity index (χ1n) is 7.53. The molecule has 7 nitrogen and oxygen atoms in total. The van der Waals surface area contributed by atoms with Crippen LogP contribution in [0.1, 0.15) is 24.1 Å². The maximum atomic E-state index is 10.8. The maximum absolute atomic E-state index is 10.8. The Morgan fingerprint density at radius 3 is 3.09 bits per heavy atom. The van der Waals surface area contributed by atoms with Gasteiger partial charge in [0.25, 0.3) is 0 Å². The van der Waals surface area contributed by atoms with Gasteiger partial charge in [-0.2, -0.15) is 0 Å². The predicted octanol–water partition coefficient (Wildman–Crippen LogP) is 2.46. The van der Waals surface area contributed by atoms with Gasteiger partial charge in [-0.15, -0.1) is 11.3 Å². The van der Waals surface area contributed by atoms with Gasteiger partial charge in [0, 0.05) is 31.1 Å². The van der Waals surface area contributed by atoms with Gasteiger partial charge in [0.15, 0.2) is 0 Å². The molecule has 1 aliphatic carbocycles. The van der Waals surface area contributed by atoms with E-state index in [1.54, 1.807) is 24.8 Å². The van der Waals surface area contributed by atoms with Crippen molar-refractivity contribution in [3.05, 3.63) is 17.3 Å². The summed E-state index contributed by atoms with van der Waals surface area (Å²) in [6, 6.07) is 2.37. The maximum Gasteiger partial charge on any atom is 0.404 e. The van der Waals surface area contributed by atoms with E-state index in [4.69, 9.17) is 9.84 Å². The van der Waals surface area contributed by atoms with E-state index in [9.17, 15) is 4.79 Å².